The van der Waals surface area contributed by atoms with E-state index in [0.29, 0.717) is 6.04 Å². The van der Waals surface area contributed by atoms with Gasteiger partial charge in [0.1, 0.15) is 5.82 Å². The number of pyridine rings is 3. The van der Waals surface area contributed by atoms with Gasteiger partial charge in [0.2, 0.25) is 0 Å². The molecule has 212 valence electrons. The molecular weight excluding hydrogens is 504 g/mol. The largest absolute Gasteiger partial charge is 0.367 e. The van der Waals surface area contributed by atoms with Crippen LogP contribution in [0.3, 0.4) is 0 Å². The van der Waals surface area contributed by atoms with Gasteiger partial charge in [-0.05, 0) is 80.6 Å². The number of hydrogen-bond donors (Lipinski definition) is 1. The standard InChI is InChI=1S/C35H42N6/c1-35(2,3)41-18-16-40(17-19-41)25-26-11-13-27(14-12-26)29-20-30(24-36-23-29)28-21-33(32-10-6-7-15-37-32)39-34(22-28)38-31-8-4-5-9-31/h6-7,10-15,20-24,31H,4-5,8-9,16-19,25H2,1-3H3,(H,38,39). The Hall–Kier alpha value is -3.61. The monoisotopic (exact) mass is 546 g/mol. The molecule has 2 aliphatic rings. The lowest BCUT2D eigenvalue weighted by atomic mass is 10.0. The minimum atomic E-state index is 0.251. The number of anilines is 1. The zero-order valence-electron chi connectivity index (χ0n) is 24.7. The third-order valence-corrected chi connectivity index (χ3v) is 8.55. The molecule has 1 N–H and O–H groups in total. The van der Waals surface area contributed by atoms with Gasteiger partial charge in [-0.3, -0.25) is 19.8 Å². The molecule has 4 aromatic rings. The van der Waals surface area contributed by atoms with Crippen molar-refractivity contribution in [1.82, 2.24) is 24.8 Å². The molecule has 0 bridgehead atoms. The zero-order chi connectivity index (χ0) is 28.2. The summed E-state index contributed by atoms with van der Waals surface area (Å²) < 4.78 is 0. The quantitative estimate of drug-likeness (QED) is 0.266. The summed E-state index contributed by atoms with van der Waals surface area (Å²) in [4.78, 5) is 19.3. The molecule has 6 nitrogen and oxygen atoms in total. The highest BCUT2D eigenvalue weighted by Gasteiger charge is 2.25. The molecule has 41 heavy (non-hydrogen) atoms. The van der Waals surface area contributed by atoms with E-state index in [2.05, 4.69) is 88.3 Å². The molecule has 6 heteroatoms. The summed E-state index contributed by atoms with van der Waals surface area (Å²) >= 11 is 0. The molecule has 1 saturated carbocycles. The highest BCUT2D eigenvalue weighted by Crippen LogP contribution is 2.31. The van der Waals surface area contributed by atoms with Gasteiger partial charge in [-0.25, -0.2) is 4.98 Å². The van der Waals surface area contributed by atoms with Crippen LogP contribution in [0.1, 0.15) is 52.0 Å². The van der Waals surface area contributed by atoms with Crippen molar-refractivity contribution < 1.29 is 0 Å². The number of aromatic nitrogens is 3. The van der Waals surface area contributed by atoms with Crippen LogP contribution in [0.15, 0.2) is 79.3 Å². The maximum atomic E-state index is 4.95. The van der Waals surface area contributed by atoms with E-state index in [1.165, 1.54) is 36.8 Å². The van der Waals surface area contributed by atoms with Crippen molar-refractivity contribution in [3.05, 3.63) is 84.8 Å². The average Bonchev–Trinajstić information content (AvgIpc) is 3.51. The first-order valence-corrected chi connectivity index (χ1v) is 15.1. The van der Waals surface area contributed by atoms with Gasteiger partial charge in [0.15, 0.2) is 0 Å². The summed E-state index contributed by atoms with van der Waals surface area (Å²) in [7, 11) is 0. The third kappa shape index (κ3) is 6.83. The van der Waals surface area contributed by atoms with E-state index in [0.717, 1.165) is 66.6 Å². The number of hydrogen-bond acceptors (Lipinski definition) is 6. The lowest BCUT2D eigenvalue weighted by Crippen LogP contribution is -2.53. The molecule has 2 fully saturated rings. The number of piperazine rings is 1. The molecule has 1 aliphatic carbocycles. The summed E-state index contributed by atoms with van der Waals surface area (Å²) in [6.07, 6.45) is 10.7. The van der Waals surface area contributed by atoms with Crippen molar-refractivity contribution >= 4 is 5.82 Å². The molecule has 1 saturated heterocycles. The van der Waals surface area contributed by atoms with Crippen molar-refractivity contribution in [1.29, 1.82) is 0 Å². The Balaban J connectivity index is 1.20. The predicted octanol–water partition coefficient (Wildman–Crippen LogP) is 7.14. The minimum Gasteiger partial charge on any atom is -0.367 e. The second kappa shape index (κ2) is 12.1. The lowest BCUT2D eigenvalue weighted by Gasteiger charge is -2.42. The van der Waals surface area contributed by atoms with E-state index in [9.17, 15) is 0 Å². The molecule has 6 rings (SSSR count). The molecule has 0 atom stereocenters. The smallest absolute Gasteiger partial charge is 0.127 e. The number of benzene rings is 1. The second-order valence-corrected chi connectivity index (χ2v) is 12.6. The van der Waals surface area contributed by atoms with Crippen LogP contribution in [-0.4, -0.2) is 62.5 Å². The van der Waals surface area contributed by atoms with Gasteiger partial charge in [0, 0.05) is 74.0 Å². The van der Waals surface area contributed by atoms with Crippen LogP contribution >= 0.6 is 0 Å². The van der Waals surface area contributed by atoms with Gasteiger partial charge < -0.3 is 5.32 Å². The van der Waals surface area contributed by atoms with Gasteiger partial charge in [-0.1, -0.05) is 43.2 Å². The number of nitrogens with zero attached hydrogens (tertiary/aromatic N) is 5. The Labute approximate surface area is 244 Å². The topological polar surface area (TPSA) is 57.2 Å². The second-order valence-electron chi connectivity index (χ2n) is 12.6. The molecule has 3 aromatic heterocycles. The Morgan fingerprint density at radius 3 is 2.20 bits per heavy atom. The fraction of sp³-hybridized carbons (Fsp3) is 0.400. The van der Waals surface area contributed by atoms with E-state index in [1.54, 1.807) is 0 Å². The summed E-state index contributed by atoms with van der Waals surface area (Å²) in [5, 5.41) is 3.69. The van der Waals surface area contributed by atoms with E-state index in [-0.39, 0.29) is 5.54 Å². The number of nitrogens with one attached hydrogen (secondary N) is 1. The van der Waals surface area contributed by atoms with Gasteiger partial charge in [0.05, 0.1) is 11.4 Å². The van der Waals surface area contributed by atoms with Crippen molar-refractivity contribution in [3.63, 3.8) is 0 Å². The van der Waals surface area contributed by atoms with Crippen LogP contribution < -0.4 is 5.32 Å². The molecule has 4 heterocycles. The van der Waals surface area contributed by atoms with Gasteiger partial charge in [-0.15, -0.1) is 0 Å². The Morgan fingerprint density at radius 2 is 1.51 bits per heavy atom. The fourth-order valence-corrected chi connectivity index (χ4v) is 6.09. The maximum Gasteiger partial charge on any atom is 0.127 e. The predicted molar refractivity (Wildman–Crippen MR) is 169 cm³/mol. The van der Waals surface area contributed by atoms with Crippen LogP contribution in [0, 0.1) is 0 Å². The Morgan fingerprint density at radius 1 is 0.780 bits per heavy atom. The van der Waals surface area contributed by atoms with E-state index in [4.69, 9.17) is 4.98 Å². The van der Waals surface area contributed by atoms with Crippen LogP contribution in [0.25, 0.3) is 33.6 Å². The molecule has 0 amide bonds. The van der Waals surface area contributed by atoms with Gasteiger partial charge in [-0.2, -0.15) is 0 Å². The van der Waals surface area contributed by atoms with Crippen molar-refractivity contribution in [3.8, 4) is 33.6 Å². The SMILES string of the molecule is CC(C)(C)N1CCN(Cc2ccc(-c3cncc(-c4cc(NC5CCCC5)nc(-c5ccccn5)c4)c3)cc2)CC1. The molecule has 0 spiro atoms. The molecule has 0 unspecified atom stereocenters. The average molecular weight is 547 g/mol. The van der Waals surface area contributed by atoms with Crippen LogP contribution in [0.2, 0.25) is 0 Å². The molecule has 1 aliphatic heterocycles. The summed E-state index contributed by atoms with van der Waals surface area (Å²) in [5.74, 6) is 0.910. The summed E-state index contributed by atoms with van der Waals surface area (Å²) in [6.45, 7) is 12.4. The van der Waals surface area contributed by atoms with Crippen molar-refractivity contribution in [2.24, 2.45) is 0 Å². The lowest BCUT2D eigenvalue weighted by molar-refractivity contribution is 0.0591. The molecule has 1 aromatic carbocycles. The van der Waals surface area contributed by atoms with E-state index >= 15 is 0 Å². The first-order valence-electron chi connectivity index (χ1n) is 15.1. The highest BCUT2D eigenvalue weighted by atomic mass is 15.3. The Bertz CT molecular complexity index is 1430. The molecular formula is C35H42N6. The van der Waals surface area contributed by atoms with Crippen LogP contribution in [0.5, 0.6) is 0 Å². The Kier molecular flexibility index (Phi) is 8.13. The minimum absolute atomic E-state index is 0.251. The van der Waals surface area contributed by atoms with E-state index in [1.807, 2.05) is 36.8 Å². The molecule has 0 radical (unpaired) electrons. The number of rotatable bonds is 7. The highest BCUT2D eigenvalue weighted by molar-refractivity contribution is 5.76. The van der Waals surface area contributed by atoms with E-state index < -0.39 is 0 Å². The van der Waals surface area contributed by atoms with Gasteiger partial charge >= 0.3 is 0 Å². The van der Waals surface area contributed by atoms with Gasteiger partial charge in [0.25, 0.3) is 0 Å². The van der Waals surface area contributed by atoms with Crippen molar-refractivity contribution in [2.75, 3.05) is 31.5 Å². The van der Waals surface area contributed by atoms with Crippen LogP contribution in [-0.2, 0) is 6.54 Å². The summed E-state index contributed by atoms with van der Waals surface area (Å²) in [6, 6.07) is 22.0. The zero-order valence-corrected chi connectivity index (χ0v) is 24.7. The first kappa shape index (κ1) is 27.6. The normalized spacial score (nSPS) is 17.1. The maximum absolute atomic E-state index is 4.95. The first-order chi connectivity index (χ1) is 19.9. The summed E-state index contributed by atoms with van der Waals surface area (Å²) in [5.41, 5.74) is 7.85. The van der Waals surface area contributed by atoms with Crippen LogP contribution in [0.4, 0.5) is 5.82 Å². The fourth-order valence-electron chi connectivity index (χ4n) is 6.09. The third-order valence-electron chi connectivity index (χ3n) is 8.55. The van der Waals surface area contributed by atoms with Crippen molar-refractivity contribution in [2.45, 2.75) is 64.6 Å².